The van der Waals surface area contributed by atoms with Crippen LogP contribution in [0.15, 0.2) is 30.5 Å². The van der Waals surface area contributed by atoms with Crippen molar-refractivity contribution in [1.82, 2.24) is 4.98 Å². The van der Waals surface area contributed by atoms with Crippen molar-refractivity contribution in [3.63, 3.8) is 0 Å². The van der Waals surface area contributed by atoms with Crippen LogP contribution in [0, 0.1) is 0 Å². The first-order valence-electron chi connectivity index (χ1n) is 6.10. The highest BCUT2D eigenvalue weighted by Gasteiger charge is 2.03. The molecule has 1 aromatic carbocycles. The van der Waals surface area contributed by atoms with E-state index in [0.717, 1.165) is 29.9 Å². The minimum absolute atomic E-state index is 0.684. The second-order valence-electron chi connectivity index (χ2n) is 3.90. The van der Waals surface area contributed by atoms with Crippen LogP contribution in [0.25, 0.3) is 10.8 Å². The summed E-state index contributed by atoms with van der Waals surface area (Å²) in [5.41, 5.74) is 0. The van der Waals surface area contributed by atoms with Gasteiger partial charge in [-0.3, -0.25) is 0 Å². The van der Waals surface area contributed by atoms with Crippen LogP contribution >= 0.6 is 0 Å². The monoisotopic (exact) mass is 230 g/mol. The van der Waals surface area contributed by atoms with Crippen molar-refractivity contribution in [2.24, 2.45) is 0 Å². The summed E-state index contributed by atoms with van der Waals surface area (Å²) in [6.07, 6.45) is 2.92. The second-order valence-corrected chi connectivity index (χ2v) is 3.90. The molecule has 0 aliphatic rings. The molecule has 0 radical (unpaired) electrons. The maximum absolute atomic E-state index is 5.52. The summed E-state index contributed by atoms with van der Waals surface area (Å²) < 4.78 is 5.52. The normalized spacial score (nSPS) is 10.5. The van der Waals surface area contributed by atoms with Gasteiger partial charge in [-0.1, -0.05) is 13.0 Å². The fraction of sp³-hybridized carbons (Fsp3) is 0.357. The van der Waals surface area contributed by atoms with Crippen molar-refractivity contribution in [2.75, 3.05) is 18.5 Å². The Kier molecular flexibility index (Phi) is 3.81. The molecule has 3 nitrogen and oxygen atoms in total. The quantitative estimate of drug-likeness (QED) is 0.854. The number of aromatic nitrogens is 1. The summed E-state index contributed by atoms with van der Waals surface area (Å²) in [7, 11) is 0. The maximum atomic E-state index is 5.52. The van der Waals surface area contributed by atoms with E-state index in [2.05, 4.69) is 23.3 Å². The number of hydrogen-bond acceptors (Lipinski definition) is 3. The van der Waals surface area contributed by atoms with Gasteiger partial charge < -0.3 is 10.1 Å². The van der Waals surface area contributed by atoms with E-state index in [1.807, 2.05) is 31.3 Å². The largest absolute Gasteiger partial charge is 0.494 e. The van der Waals surface area contributed by atoms with Crippen LogP contribution < -0.4 is 10.1 Å². The number of nitrogens with zero attached hydrogens (tertiary/aromatic N) is 1. The summed E-state index contributed by atoms with van der Waals surface area (Å²) in [5, 5.41) is 5.64. The molecule has 0 fully saturated rings. The summed E-state index contributed by atoms with van der Waals surface area (Å²) in [6, 6.07) is 8.13. The van der Waals surface area contributed by atoms with Gasteiger partial charge in [0.15, 0.2) is 0 Å². The van der Waals surface area contributed by atoms with Gasteiger partial charge in [0.2, 0.25) is 0 Å². The fourth-order valence-electron chi connectivity index (χ4n) is 1.79. The second kappa shape index (κ2) is 5.53. The standard InChI is InChI=1S/C14H18N2O/c1-3-8-15-14-13-10-12(17-4-2)6-5-11(13)7-9-16-14/h5-7,9-10H,3-4,8H2,1-2H3,(H,15,16). The number of ether oxygens (including phenoxy) is 1. The van der Waals surface area contributed by atoms with Gasteiger partial charge in [0.05, 0.1) is 6.61 Å². The smallest absolute Gasteiger partial charge is 0.133 e. The Labute approximate surface area is 102 Å². The molecule has 3 heteroatoms. The van der Waals surface area contributed by atoms with Crippen LogP contribution in [0.4, 0.5) is 5.82 Å². The van der Waals surface area contributed by atoms with E-state index in [9.17, 15) is 0 Å². The first-order valence-corrected chi connectivity index (χ1v) is 6.10. The molecular formula is C14H18N2O. The highest BCUT2D eigenvalue weighted by Crippen LogP contribution is 2.25. The Balaban J connectivity index is 2.40. The molecule has 0 amide bonds. The summed E-state index contributed by atoms with van der Waals surface area (Å²) in [4.78, 5) is 4.38. The van der Waals surface area contributed by atoms with Gasteiger partial charge in [-0.25, -0.2) is 4.98 Å². The Morgan fingerprint density at radius 1 is 1.24 bits per heavy atom. The third-order valence-electron chi connectivity index (χ3n) is 2.59. The molecule has 0 aliphatic heterocycles. The molecule has 0 atom stereocenters. The van der Waals surface area contributed by atoms with Crippen molar-refractivity contribution in [3.8, 4) is 5.75 Å². The molecule has 2 aromatic rings. The van der Waals surface area contributed by atoms with Crippen molar-refractivity contribution in [3.05, 3.63) is 30.5 Å². The number of pyridine rings is 1. The minimum atomic E-state index is 0.684. The number of nitrogens with one attached hydrogen (secondary N) is 1. The average molecular weight is 230 g/mol. The number of anilines is 1. The molecule has 0 saturated heterocycles. The van der Waals surface area contributed by atoms with Crippen molar-refractivity contribution >= 4 is 16.6 Å². The molecule has 0 bridgehead atoms. The molecule has 0 aliphatic carbocycles. The molecular weight excluding hydrogens is 212 g/mol. The molecule has 1 heterocycles. The zero-order valence-corrected chi connectivity index (χ0v) is 10.4. The SMILES string of the molecule is CCCNc1nccc2ccc(OCC)cc12. The van der Waals surface area contributed by atoms with E-state index in [0.29, 0.717) is 6.61 Å². The van der Waals surface area contributed by atoms with Gasteiger partial charge in [-0.15, -0.1) is 0 Å². The third kappa shape index (κ3) is 2.67. The zero-order valence-electron chi connectivity index (χ0n) is 10.4. The third-order valence-corrected chi connectivity index (χ3v) is 2.59. The van der Waals surface area contributed by atoms with Gasteiger partial charge in [-0.2, -0.15) is 0 Å². The molecule has 1 aromatic heterocycles. The topological polar surface area (TPSA) is 34.2 Å². The summed E-state index contributed by atoms with van der Waals surface area (Å²) in [5.74, 6) is 1.83. The predicted octanol–water partition coefficient (Wildman–Crippen LogP) is 3.46. The van der Waals surface area contributed by atoms with Crippen molar-refractivity contribution < 1.29 is 4.74 Å². The lowest BCUT2D eigenvalue weighted by Gasteiger charge is -2.09. The van der Waals surface area contributed by atoms with Crippen LogP contribution in [0.2, 0.25) is 0 Å². The Hall–Kier alpha value is -1.77. The van der Waals surface area contributed by atoms with Gasteiger partial charge in [-0.05, 0) is 36.9 Å². The fourth-order valence-corrected chi connectivity index (χ4v) is 1.79. The molecule has 90 valence electrons. The van der Waals surface area contributed by atoms with E-state index in [1.165, 1.54) is 5.39 Å². The Morgan fingerprint density at radius 3 is 2.88 bits per heavy atom. The highest BCUT2D eigenvalue weighted by atomic mass is 16.5. The maximum Gasteiger partial charge on any atom is 0.133 e. The van der Waals surface area contributed by atoms with Gasteiger partial charge >= 0.3 is 0 Å². The van der Waals surface area contributed by atoms with Gasteiger partial charge in [0, 0.05) is 18.1 Å². The van der Waals surface area contributed by atoms with E-state index in [-0.39, 0.29) is 0 Å². The Bertz CT molecular complexity index is 497. The first-order chi connectivity index (χ1) is 8.35. The van der Waals surface area contributed by atoms with Gasteiger partial charge in [0.1, 0.15) is 11.6 Å². The summed E-state index contributed by atoms with van der Waals surface area (Å²) >= 11 is 0. The molecule has 2 rings (SSSR count). The number of benzene rings is 1. The van der Waals surface area contributed by atoms with E-state index in [1.54, 1.807) is 0 Å². The molecule has 17 heavy (non-hydrogen) atoms. The molecule has 0 spiro atoms. The molecule has 1 N–H and O–H groups in total. The van der Waals surface area contributed by atoms with E-state index >= 15 is 0 Å². The lowest BCUT2D eigenvalue weighted by molar-refractivity contribution is 0.341. The van der Waals surface area contributed by atoms with Crippen molar-refractivity contribution in [2.45, 2.75) is 20.3 Å². The number of fused-ring (bicyclic) bond motifs is 1. The van der Waals surface area contributed by atoms with Crippen LogP contribution in [0.5, 0.6) is 5.75 Å². The zero-order chi connectivity index (χ0) is 12.1. The van der Waals surface area contributed by atoms with Crippen LogP contribution in [0.3, 0.4) is 0 Å². The van der Waals surface area contributed by atoms with Crippen molar-refractivity contribution in [1.29, 1.82) is 0 Å². The summed E-state index contributed by atoms with van der Waals surface area (Å²) in [6.45, 7) is 5.75. The number of hydrogen-bond donors (Lipinski definition) is 1. The van der Waals surface area contributed by atoms with E-state index in [4.69, 9.17) is 4.74 Å². The van der Waals surface area contributed by atoms with Crippen LogP contribution in [-0.4, -0.2) is 18.1 Å². The van der Waals surface area contributed by atoms with Crippen LogP contribution in [-0.2, 0) is 0 Å². The molecule has 0 saturated carbocycles. The molecule has 0 unspecified atom stereocenters. The first kappa shape index (κ1) is 11.7. The van der Waals surface area contributed by atoms with E-state index < -0.39 is 0 Å². The van der Waals surface area contributed by atoms with Crippen LogP contribution in [0.1, 0.15) is 20.3 Å². The average Bonchev–Trinajstić information content (AvgIpc) is 2.36. The lowest BCUT2D eigenvalue weighted by Crippen LogP contribution is -2.02. The minimum Gasteiger partial charge on any atom is -0.494 e. The predicted molar refractivity (Wildman–Crippen MR) is 71.7 cm³/mol. The lowest BCUT2D eigenvalue weighted by atomic mass is 10.1. The van der Waals surface area contributed by atoms with Gasteiger partial charge in [0.25, 0.3) is 0 Å². The number of rotatable bonds is 5. The highest BCUT2D eigenvalue weighted by molar-refractivity contribution is 5.92. The Morgan fingerprint density at radius 2 is 2.12 bits per heavy atom.